The van der Waals surface area contributed by atoms with E-state index in [2.05, 4.69) is 32.8 Å². The number of nitro benzene ring substituents is 1. The molecule has 2 atom stereocenters. The highest BCUT2D eigenvalue weighted by Crippen LogP contribution is 2.50. The average Bonchev–Trinajstić information content (AvgIpc) is 2.99. The smallest absolute Gasteiger partial charge is 0.269 e. The molecule has 0 spiro atoms. The van der Waals surface area contributed by atoms with Gasteiger partial charge in [-0.25, -0.2) is 0 Å². The summed E-state index contributed by atoms with van der Waals surface area (Å²) < 4.78 is 17.8. The topological polar surface area (TPSA) is 91.1 Å². The Labute approximate surface area is 247 Å². The molecule has 7 heteroatoms. The molecule has 0 aromatic heterocycles. The van der Waals surface area contributed by atoms with Gasteiger partial charge in [-0.2, -0.15) is 0 Å². The van der Waals surface area contributed by atoms with E-state index in [1.807, 2.05) is 24.3 Å². The third-order valence-electron chi connectivity index (χ3n) is 8.22. The van der Waals surface area contributed by atoms with Crippen molar-refractivity contribution in [3.05, 3.63) is 86.5 Å². The first kappa shape index (κ1) is 30.3. The maximum absolute atomic E-state index is 10.9. The van der Waals surface area contributed by atoms with Crippen molar-refractivity contribution in [2.75, 3.05) is 14.2 Å². The lowest BCUT2D eigenvalue weighted by Crippen LogP contribution is -2.45. The van der Waals surface area contributed by atoms with Crippen LogP contribution in [0.15, 0.2) is 48.5 Å². The molecule has 0 amide bonds. The van der Waals surface area contributed by atoms with E-state index in [4.69, 9.17) is 14.2 Å². The van der Waals surface area contributed by atoms with Crippen LogP contribution in [-0.2, 0) is 6.42 Å². The Hall–Kier alpha value is -4.70. The van der Waals surface area contributed by atoms with E-state index < -0.39 is 4.92 Å². The lowest BCUT2D eigenvalue weighted by Gasteiger charge is -2.47. The summed E-state index contributed by atoms with van der Waals surface area (Å²) in [6, 6.07) is 13.9. The predicted molar refractivity (Wildman–Crippen MR) is 168 cm³/mol. The second-order valence-electron chi connectivity index (χ2n) is 11.2. The van der Waals surface area contributed by atoms with E-state index >= 15 is 0 Å². The number of fused-ring (bicyclic) bond motifs is 2. The number of terminal acetylenes is 1. The van der Waals surface area contributed by atoms with Crippen LogP contribution < -0.4 is 14.2 Å². The minimum absolute atomic E-state index is 0.0276. The molecule has 1 aliphatic heterocycles. The fraction of sp³-hybridized carbons (Fsp3) is 0.314. The van der Waals surface area contributed by atoms with Gasteiger partial charge in [-0.1, -0.05) is 32.1 Å². The van der Waals surface area contributed by atoms with E-state index in [0.717, 1.165) is 41.0 Å². The van der Waals surface area contributed by atoms with Gasteiger partial charge >= 0.3 is 0 Å². The zero-order valence-electron chi connectivity index (χ0n) is 24.5. The summed E-state index contributed by atoms with van der Waals surface area (Å²) in [6.07, 6.45) is 20.1. The molecule has 0 bridgehead atoms. The number of nitrogens with zero attached hydrogens (tertiary/aromatic N) is 1. The number of hydrogen-bond acceptors (Lipinski definition) is 6. The molecular weight excluding hydrogens is 530 g/mol. The Morgan fingerprint density at radius 2 is 1.57 bits per heavy atom. The van der Waals surface area contributed by atoms with Crippen molar-refractivity contribution in [3.8, 4) is 35.8 Å². The number of methoxy groups -OCH3 is 2. The molecule has 218 valence electrons. The second-order valence-corrected chi connectivity index (χ2v) is 11.2. The van der Waals surface area contributed by atoms with Gasteiger partial charge in [0.15, 0.2) is 11.5 Å². The van der Waals surface area contributed by atoms with Crippen molar-refractivity contribution >= 4 is 30.0 Å². The molecule has 1 aliphatic carbocycles. The second kappa shape index (κ2) is 12.9. The maximum atomic E-state index is 10.9. The van der Waals surface area contributed by atoms with Gasteiger partial charge in [-0.15, -0.1) is 12.8 Å². The Morgan fingerprint density at radius 3 is 2.21 bits per heavy atom. The molecule has 1 saturated carbocycles. The summed E-state index contributed by atoms with van der Waals surface area (Å²) in [7, 11) is 3.23. The van der Waals surface area contributed by atoms with E-state index in [1.54, 1.807) is 44.6 Å². The molecule has 3 aromatic rings. The average molecular weight is 568 g/mol. The molecule has 2 aliphatic rings. The molecule has 1 fully saturated rings. The summed E-state index contributed by atoms with van der Waals surface area (Å²) in [5.41, 5.74) is 4.50. The van der Waals surface area contributed by atoms with Crippen LogP contribution >= 0.6 is 0 Å². The summed E-state index contributed by atoms with van der Waals surface area (Å²) in [6.45, 7) is 4.70. The van der Waals surface area contributed by atoms with Crippen molar-refractivity contribution in [2.45, 2.75) is 45.6 Å². The maximum Gasteiger partial charge on any atom is 0.269 e. The largest absolute Gasteiger partial charge is 0.507 e. The molecule has 5 rings (SSSR count). The Balaban J connectivity index is 0.00000198. The van der Waals surface area contributed by atoms with Gasteiger partial charge in [-0.05, 0) is 95.8 Å². The van der Waals surface area contributed by atoms with Crippen LogP contribution in [0, 0.1) is 34.3 Å². The molecule has 3 aromatic carbocycles. The van der Waals surface area contributed by atoms with Gasteiger partial charge < -0.3 is 19.3 Å². The van der Waals surface area contributed by atoms with Gasteiger partial charge in [0, 0.05) is 18.1 Å². The van der Waals surface area contributed by atoms with Crippen LogP contribution in [0.5, 0.6) is 23.0 Å². The summed E-state index contributed by atoms with van der Waals surface area (Å²) in [5, 5.41) is 21.7. The zero-order valence-corrected chi connectivity index (χ0v) is 24.5. The van der Waals surface area contributed by atoms with Gasteiger partial charge in [0.2, 0.25) is 0 Å². The third-order valence-corrected chi connectivity index (χ3v) is 8.22. The molecule has 0 saturated heterocycles. The lowest BCUT2D eigenvalue weighted by atomic mass is 9.64. The quantitative estimate of drug-likeness (QED) is 0.134. The molecule has 42 heavy (non-hydrogen) atoms. The number of aromatic hydroxyl groups is 1. The Morgan fingerprint density at radius 1 is 0.952 bits per heavy atom. The Bertz CT molecular complexity index is 1520. The van der Waals surface area contributed by atoms with Gasteiger partial charge in [0.1, 0.15) is 17.6 Å². The van der Waals surface area contributed by atoms with Crippen molar-refractivity contribution in [2.24, 2.45) is 11.3 Å². The molecular formula is C35H37NO6. The van der Waals surface area contributed by atoms with Gasteiger partial charge in [-0.3, -0.25) is 10.1 Å². The standard InChI is InChI=1S/C33H35NO6.C2H2/c1-33(2)15-5-6-29-27(33)20-24-16-22(19-31(39-4)32(24)40-29)7-8-23-17-28(35)26(30(18-23)38-3)14-11-21-9-12-25(13-10-21)34(36)37;1-2/h7-14,16-19,27,29,35H,5-6,15,20H2,1-4H3;1-2H/b8-7+,14-11+;. The Kier molecular flexibility index (Phi) is 9.27. The van der Waals surface area contributed by atoms with Crippen LogP contribution in [0.3, 0.4) is 0 Å². The summed E-state index contributed by atoms with van der Waals surface area (Å²) in [4.78, 5) is 10.5. The van der Waals surface area contributed by atoms with Crippen LogP contribution in [0.2, 0.25) is 0 Å². The number of benzene rings is 3. The number of nitro groups is 1. The first-order chi connectivity index (χ1) is 20.2. The van der Waals surface area contributed by atoms with Crippen LogP contribution in [0.25, 0.3) is 24.3 Å². The van der Waals surface area contributed by atoms with Crippen molar-refractivity contribution in [1.29, 1.82) is 0 Å². The lowest BCUT2D eigenvalue weighted by molar-refractivity contribution is -0.384. The van der Waals surface area contributed by atoms with Crippen LogP contribution in [0.1, 0.15) is 60.9 Å². The minimum atomic E-state index is -0.435. The van der Waals surface area contributed by atoms with E-state index in [-0.39, 0.29) is 23.0 Å². The van der Waals surface area contributed by atoms with Crippen molar-refractivity contribution < 1.29 is 24.2 Å². The molecule has 1 N–H and O–H groups in total. The van der Waals surface area contributed by atoms with E-state index in [0.29, 0.717) is 17.2 Å². The first-order valence-corrected chi connectivity index (χ1v) is 13.9. The highest BCUT2D eigenvalue weighted by atomic mass is 16.6. The summed E-state index contributed by atoms with van der Waals surface area (Å²) in [5.74, 6) is 2.66. The first-order valence-electron chi connectivity index (χ1n) is 13.9. The minimum Gasteiger partial charge on any atom is -0.507 e. The van der Waals surface area contributed by atoms with Gasteiger partial charge in [0.05, 0.1) is 24.7 Å². The normalized spacial score (nSPS) is 18.7. The van der Waals surface area contributed by atoms with E-state index in [9.17, 15) is 15.2 Å². The number of phenolic OH excluding ortho intramolecular Hbond substituents is 1. The van der Waals surface area contributed by atoms with Crippen LogP contribution in [0.4, 0.5) is 5.69 Å². The number of ether oxygens (including phenoxy) is 3. The third kappa shape index (κ3) is 6.44. The zero-order chi connectivity index (χ0) is 30.4. The molecule has 0 radical (unpaired) electrons. The molecule has 7 nitrogen and oxygen atoms in total. The number of phenols is 1. The predicted octanol–water partition coefficient (Wildman–Crippen LogP) is 8.04. The summed E-state index contributed by atoms with van der Waals surface area (Å²) >= 11 is 0. The highest BCUT2D eigenvalue weighted by molar-refractivity contribution is 5.79. The fourth-order valence-corrected chi connectivity index (χ4v) is 5.95. The number of non-ortho nitro benzene ring substituents is 1. The fourth-order valence-electron chi connectivity index (χ4n) is 5.95. The highest BCUT2D eigenvalue weighted by Gasteiger charge is 2.43. The van der Waals surface area contributed by atoms with Crippen LogP contribution in [-0.4, -0.2) is 30.4 Å². The monoisotopic (exact) mass is 567 g/mol. The van der Waals surface area contributed by atoms with Crippen molar-refractivity contribution in [3.63, 3.8) is 0 Å². The molecule has 2 unspecified atom stereocenters. The SMILES string of the molecule is C#C.COc1cc(/C=C/c2cc3c(c(OC)c2)OC2CCCC(C)(C)C2C3)cc(O)c1/C=C/c1ccc([N+](=O)[O-])cc1. The van der Waals surface area contributed by atoms with E-state index in [1.165, 1.54) is 30.5 Å². The van der Waals surface area contributed by atoms with Gasteiger partial charge in [0.25, 0.3) is 5.69 Å². The molecule has 1 heterocycles. The number of hydrogen-bond donors (Lipinski definition) is 1. The number of rotatable bonds is 7. The van der Waals surface area contributed by atoms with Crippen molar-refractivity contribution in [1.82, 2.24) is 0 Å².